The van der Waals surface area contributed by atoms with Gasteiger partial charge in [-0.2, -0.15) is 0 Å². The lowest BCUT2D eigenvalue weighted by molar-refractivity contribution is 0.415. The minimum absolute atomic E-state index is 0.0414. The average Bonchev–Trinajstić information content (AvgIpc) is 1.50. The van der Waals surface area contributed by atoms with Crippen molar-refractivity contribution in [3.63, 3.8) is 0 Å². The monoisotopic (exact) mass is 1500 g/mol. The number of nitrogens with one attached hydrogen (secondary N) is 4. The topological polar surface area (TPSA) is 66.6 Å². The number of hydrogen-bond acceptors (Lipinski definition) is 6. The Labute approximate surface area is 681 Å². The highest BCUT2D eigenvalue weighted by molar-refractivity contribution is 5.96. The zero-order chi connectivity index (χ0) is 79.9. The van der Waals surface area contributed by atoms with Crippen LogP contribution < -0.4 is 30.7 Å². The second-order valence-corrected chi connectivity index (χ2v) is 34.3. The lowest BCUT2D eigenvalue weighted by Crippen LogP contribution is -2.28. The van der Waals surface area contributed by atoms with Gasteiger partial charge in [-0.15, -0.1) is 0 Å². The first-order chi connectivity index (χ1) is 55.5. The number of ether oxygens (including phenoxy) is 2. The summed E-state index contributed by atoms with van der Waals surface area (Å²) in [6.07, 6.45) is 0. The van der Waals surface area contributed by atoms with Crippen molar-refractivity contribution in [2.45, 2.75) is 109 Å². The summed E-state index contributed by atoms with van der Waals surface area (Å²) in [4.78, 5) is 0. The zero-order valence-electron chi connectivity index (χ0n) is 68.4. The summed E-state index contributed by atoms with van der Waals surface area (Å²) in [5.74, 6) is 1.70. The van der Waals surface area contributed by atoms with Crippen LogP contribution in [0, 0.1) is 0 Å². The van der Waals surface area contributed by atoms with Crippen LogP contribution in [0.15, 0.2) is 358 Å². The van der Waals surface area contributed by atoms with E-state index in [2.05, 4.69) is 419 Å². The molecular formula is C109H102N4O2. The Morgan fingerprint density at radius 1 is 0.209 bits per heavy atom. The van der Waals surface area contributed by atoms with Crippen LogP contribution in [0.4, 0.5) is 45.5 Å². The van der Waals surface area contributed by atoms with E-state index in [0.29, 0.717) is 0 Å². The van der Waals surface area contributed by atoms with Crippen LogP contribution in [0.3, 0.4) is 0 Å². The van der Waals surface area contributed by atoms with E-state index in [1.807, 2.05) is 36.4 Å². The van der Waals surface area contributed by atoms with E-state index in [0.717, 1.165) is 57.0 Å². The zero-order valence-corrected chi connectivity index (χ0v) is 68.4. The molecule has 0 unspecified atom stereocenters. The maximum Gasteiger partial charge on any atom is 0.119 e. The third-order valence-electron chi connectivity index (χ3n) is 23.6. The molecule has 6 nitrogen and oxygen atoms in total. The van der Waals surface area contributed by atoms with Crippen molar-refractivity contribution in [3.05, 3.63) is 430 Å². The predicted octanol–water partition coefficient (Wildman–Crippen LogP) is 28.6. The Hall–Kier alpha value is -12.9. The van der Waals surface area contributed by atoms with E-state index in [1.54, 1.807) is 14.2 Å². The molecule has 4 aliphatic rings. The van der Waals surface area contributed by atoms with Crippen molar-refractivity contribution in [1.82, 2.24) is 0 Å². The van der Waals surface area contributed by atoms with Crippen molar-refractivity contribution in [3.8, 4) is 56.0 Å². The molecule has 0 heterocycles. The van der Waals surface area contributed by atoms with E-state index < -0.39 is 0 Å². The highest BCUT2D eigenvalue weighted by Gasteiger charge is 2.52. The van der Waals surface area contributed by atoms with E-state index in [9.17, 15) is 0 Å². The van der Waals surface area contributed by atoms with Gasteiger partial charge >= 0.3 is 0 Å². The fourth-order valence-electron chi connectivity index (χ4n) is 17.7. The van der Waals surface area contributed by atoms with E-state index >= 15 is 0 Å². The molecule has 15 aromatic rings. The molecule has 0 fully saturated rings. The molecule has 0 aliphatic heterocycles. The van der Waals surface area contributed by atoms with Gasteiger partial charge in [0.1, 0.15) is 11.5 Å². The minimum atomic E-state index is -0.383. The number of rotatable bonds is 12. The van der Waals surface area contributed by atoms with Crippen LogP contribution in [-0.2, 0) is 32.5 Å². The maximum atomic E-state index is 5.32. The molecule has 1 spiro atoms. The lowest BCUT2D eigenvalue weighted by atomic mass is 9.67. The quantitative estimate of drug-likeness (QED) is 0.0978. The van der Waals surface area contributed by atoms with Gasteiger partial charge in [0.15, 0.2) is 0 Å². The van der Waals surface area contributed by atoms with E-state index in [4.69, 9.17) is 9.47 Å². The molecular weight excluding hydrogens is 1400 g/mol. The standard InChI is InChI=1S/C32H23NO.C32H25NO.C25H27N.C20H27N/c1-34-23-17-14-21(15-18-23)33-22-16-19-27-26-10-4-7-13-30(26)32(31(27)20-22)28-11-5-2-8-24(28)25-9-3-6-12-29(25)32;1-34-27-19-16-25(17-20-27)33-26-18-21-29-28-14-8-9-15-30(28)32(31(29)22-26,23-10-4-2-5-11-23)24-12-6-3-7-13-24;1-24(2,3)17-10-12-18(13-11-17)26-19-14-15-21-20-8-6-7-9-22(20)25(4,5)23(21)16-19;1-19(2,3)15-7-11-17(12-8-15)21-18-13-9-16(10-14-18)20(4,5)6/h2-20,33H,1H3;2-22,33H,1H3;6-16,26H,1-5H3;7-14,21H,1-6H3. The Morgan fingerprint density at radius 3 is 0.748 bits per heavy atom. The van der Waals surface area contributed by atoms with Gasteiger partial charge in [0.2, 0.25) is 0 Å². The van der Waals surface area contributed by atoms with Crippen molar-refractivity contribution in [2.24, 2.45) is 0 Å². The smallest absolute Gasteiger partial charge is 0.119 e. The molecule has 115 heavy (non-hydrogen) atoms. The summed E-state index contributed by atoms with van der Waals surface area (Å²) >= 11 is 0. The molecule has 4 N–H and O–H groups in total. The van der Waals surface area contributed by atoms with Gasteiger partial charge in [-0.1, -0.05) is 313 Å². The van der Waals surface area contributed by atoms with Crippen LogP contribution >= 0.6 is 0 Å². The van der Waals surface area contributed by atoms with Crippen molar-refractivity contribution in [2.75, 3.05) is 35.5 Å². The second kappa shape index (κ2) is 30.9. The molecule has 4 aliphatic carbocycles. The first-order valence-corrected chi connectivity index (χ1v) is 40.3. The highest BCUT2D eigenvalue weighted by Crippen LogP contribution is 2.64. The lowest BCUT2D eigenvalue weighted by Gasteiger charge is -2.34. The summed E-state index contributed by atoms with van der Waals surface area (Å²) in [6.45, 7) is 24.8. The predicted molar refractivity (Wildman–Crippen MR) is 485 cm³/mol. The van der Waals surface area contributed by atoms with Crippen LogP contribution in [0.1, 0.15) is 148 Å². The first kappa shape index (κ1) is 76.1. The van der Waals surface area contributed by atoms with Crippen LogP contribution in [-0.4, -0.2) is 14.2 Å². The molecule has 6 heteroatoms. The number of anilines is 8. The van der Waals surface area contributed by atoms with Gasteiger partial charge in [0.25, 0.3) is 0 Å². The maximum absolute atomic E-state index is 5.32. The molecule has 570 valence electrons. The molecule has 0 amide bonds. The highest BCUT2D eigenvalue weighted by atomic mass is 16.5. The summed E-state index contributed by atoms with van der Waals surface area (Å²) in [7, 11) is 3.38. The van der Waals surface area contributed by atoms with Gasteiger partial charge in [-0.3, -0.25) is 0 Å². The van der Waals surface area contributed by atoms with Crippen molar-refractivity contribution in [1.29, 1.82) is 0 Å². The molecule has 15 aromatic carbocycles. The van der Waals surface area contributed by atoms with E-state index in [-0.39, 0.29) is 32.5 Å². The average molecular weight is 1500 g/mol. The van der Waals surface area contributed by atoms with Gasteiger partial charge < -0.3 is 30.7 Å². The summed E-state index contributed by atoms with van der Waals surface area (Å²) in [5, 5.41) is 14.2. The Morgan fingerprint density at radius 2 is 0.435 bits per heavy atom. The number of methoxy groups -OCH3 is 2. The van der Waals surface area contributed by atoms with Crippen molar-refractivity contribution < 1.29 is 9.47 Å². The fraction of sp³-hybridized carbons (Fsp3) is 0.174. The molecule has 0 saturated heterocycles. The third-order valence-corrected chi connectivity index (χ3v) is 23.6. The molecule has 0 radical (unpaired) electrons. The minimum Gasteiger partial charge on any atom is -0.497 e. The van der Waals surface area contributed by atoms with Gasteiger partial charge in [-0.25, -0.2) is 0 Å². The second-order valence-electron chi connectivity index (χ2n) is 34.3. The Bertz CT molecular complexity index is 5680. The largest absolute Gasteiger partial charge is 0.497 e. The molecule has 0 atom stereocenters. The molecule has 0 aromatic heterocycles. The molecule has 19 rings (SSSR count). The van der Waals surface area contributed by atoms with Crippen LogP contribution in [0.2, 0.25) is 0 Å². The Balaban J connectivity index is 0.000000117. The summed E-state index contributed by atoms with van der Waals surface area (Å²) in [5.41, 5.74) is 36.8. The number of benzene rings is 15. The van der Waals surface area contributed by atoms with Crippen LogP contribution in [0.5, 0.6) is 11.5 Å². The van der Waals surface area contributed by atoms with Gasteiger partial charge in [0, 0.05) is 50.9 Å². The summed E-state index contributed by atoms with van der Waals surface area (Å²) in [6, 6.07) is 129. The summed E-state index contributed by atoms with van der Waals surface area (Å²) < 4.78 is 10.6. The normalized spacial score (nSPS) is 13.5. The molecule has 0 bridgehead atoms. The Kier molecular flexibility index (Phi) is 20.4. The van der Waals surface area contributed by atoms with Gasteiger partial charge in [-0.05, 0) is 254 Å². The van der Waals surface area contributed by atoms with Crippen molar-refractivity contribution >= 4 is 45.5 Å². The van der Waals surface area contributed by atoms with Crippen LogP contribution in [0.25, 0.3) is 44.5 Å². The third kappa shape index (κ3) is 14.6. The first-order valence-electron chi connectivity index (χ1n) is 40.3. The van der Waals surface area contributed by atoms with Gasteiger partial charge in [0.05, 0.1) is 25.0 Å². The molecule has 0 saturated carbocycles. The van der Waals surface area contributed by atoms with E-state index in [1.165, 1.54) is 117 Å². The number of fused-ring (bicyclic) bond motifs is 16. The SMILES string of the molecule is CC(C)(C)c1ccc(Nc2ccc(C(C)(C)C)cc2)cc1.CC(C)(C)c1ccc(Nc2ccc3c(c2)C(C)(C)c2ccccc2-3)cc1.COc1ccc(Nc2ccc3c(c2)C(c2ccccc2)(c2ccccc2)c2ccccc2-3)cc1.COc1ccc(Nc2ccc3c(c2)C2(c4ccccc4-c4ccccc42)c2ccccc2-3)cc1. The fourth-order valence-corrected chi connectivity index (χ4v) is 17.7. The number of hydrogen-bond donors (Lipinski definition) is 4.